The average Bonchev–Trinajstić information content (AvgIpc) is 3.27. The molecule has 1 heterocycles. The third kappa shape index (κ3) is 6.89. The molecule has 1 amide bonds. The van der Waals surface area contributed by atoms with Gasteiger partial charge >= 0.3 is 0 Å². The summed E-state index contributed by atoms with van der Waals surface area (Å²) in [6, 6.07) is 23.7. The van der Waals surface area contributed by atoms with E-state index in [2.05, 4.69) is 48.6 Å². The highest BCUT2D eigenvalue weighted by atomic mass is 127. The number of hydrazone groups is 1. The Kier molecular flexibility index (Phi) is 8.48. The predicted molar refractivity (Wildman–Crippen MR) is 145 cm³/mol. The lowest BCUT2D eigenvalue weighted by Crippen LogP contribution is -2.27. The van der Waals surface area contributed by atoms with E-state index in [1.54, 1.807) is 19.1 Å². The summed E-state index contributed by atoms with van der Waals surface area (Å²) in [5.74, 6) is 0.112. The van der Waals surface area contributed by atoms with Gasteiger partial charge in [0.25, 0.3) is 5.91 Å². The molecule has 0 spiro atoms. The SMILES string of the molecule is C[C@H](Sc1nnc(CNc2ccc(I)cc2)n1-c1ccccc1)C(=O)N/N=C\c1ccc(F)cc1. The van der Waals surface area contributed by atoms with Crippen LogP contribution in [0.2, 0.25) is 0 Å². The Bertz CT molecular complexity index is 1300. The van der Waals surface area contributed by atoms with Gasteiger partial charge in [-0.25, -0.2) is 9.82 Å². The molecule has 35 heavy (non-hydrogen) atoms. The van der Waals surface area contributed by atoms with E-state index in [9.17, 15) is 9.18 Å². The van der Waals surface area contributed by atoms with Crippen LogP contribution in [0.5, 0.6) is 0 Å². The molecule has 0 unspecified atom stereocenters. The van der Waals surface area contributed by atoms with Crippen LogP contribution in [0.4, 0.5) is 10.1 Å². The molecule has 4 aromatic rings. The lowest BCUT2D eigenvalue weighted by atomic mass is 10.2. The van der Waals surface area contributed by atoms with Gasteiger partial charge in [0.05, 0.1) is 18.0 Å². The van der Waals surface area contributed by atoms with Crippen molar-refractivity contribution < 1.29 is 9.18 Å². The number of benzene rings is 3. The molecule has 1 aromatic heterocycles. The second-order valence-corrected chi connectivity index (χ2v) is 10.0. The van der Waals surface area contributed by atoms with E-state index in [0.717, 1.165) is 20.8 Å². The first-order chi connectivity index (χ1) is 17.0. The van der Waals surface area contributed by atoms with Gasteiger partial charge in [0.1, 0.15) is 5.82 Å². The van der Waals surface area contributed by atoms with Crippen LogP contribution in [0.3, 0.4) is 0 Å². The fraction of sp³-hybridized carbons (Fsp3) is 0.120. The Labute approximate surface area is 220 Å². The van der Waals surface area contributed by atoms with Crippen molar-refractivity contribution in [3.63, 3.8) is 0 Å². The molecule has 0 saturated heterocycles. The number of aromatic nitrogens is 3. The minimum absolute atomic E-state index is 0.283. The quantitative estimate of drug-likeness (QED) is 0.119. The third-order valence-corrected chi connectivity index (χ3v) is 6.68. The second-order valence-electron chi connectivity index (χ2n) is 7.48. The van der Waals surface area contributed by atoms with Crippen molar-refractivity contribution in [2.75, 3.05) is 5.32 Å². The number of nitrogens with one attached hydrogen (secondary N) is 2. The first kappa shape index (κ1) is 24.9. The molecule has 0 radical (unpaired) electrons. The summed E-state index contributed by atoms with van der Waals surface area (Å²) in [4.78, 5) is 12.6. The van der Waals surface area contributed by atoms with Crippen LogP contribution in [0.15, 0.2) is 89.1 Å². The predicted octanol–water partition coefficient (Wildman–Crippen LogP) is 5.25. The Hall–Kier alpha value is -3.25. The van der Waals surface area contributed by atoms with E-state index < -0.39 is 5.25 Å². The van der Waals surface area contributed by atoms with Crippen molar-refractivity contribution >= 4 is 52.2 Å². The average molecular weight is 600 g/mol. The molecule has 178 valence electrons. The molecule has 0 aliphatic heterocycles. The monoisotopic (exact) mass is 600 g/mol. The second kappa shape index (κ2) is 11.9. The van der Waals surface area contributed by atoms with Gasteiger partial charge in [-0.05, 0) is 83.6 Å². The fourth-order valence-corrected chi connectivity index (χ4v) is 4.34. The van der Waals surface area contributed by atoms with Gasteiger partial charge in [-0.1, -0.05) is 42.1 Å². The molecule has 1 atom stereocenters. The summed E-state index contributed by atoms with van der Waals surface area (Å²) in [6.45, 7) is 2.24. The molecule has 3 aromatic carbocycles. The lowest BCUT2D eigenvalue weighted by Gasteiger charge is -2.13. The zero-order valence-electron chi connectivity index (χ0n) is 18.7. The summed E-state index contributed by atoms with van der Waals surface area (Å²) >= 11 is 3.56. The molecule has 0 fully saturated rings. The molecule has 0 saturated carbocycles. The van der Waals surface area contributed by atoms with Gasteiger partial charge in [0.2, 0.25) is 0 Å². The van der Waals surface area contributed by atoms with Crippen LogP contribution in [0, 0.1) is 9.39 Å². The van der Waals surface area contributed by atoms with Gasteiger partial charge < -0.3 is 5.32 Å². The molecular weight excluding hydrogens is 578 g/mol. The molecule has 10 heteroatoms. The van der Waals surface area contributed by atoms with Gasteiger partial charge in [-0.2, -0.15) is 5.10 Å². The third-order valence-electron chi connectivity index (χ3n) is 4.92. The Morgan fingerprint density at radius 1 is 1.09 bits per heavy atom. The van der Waals surface area contributed by atoms with Crippen LogP contribution >= 0.6 is 34.4 Å². The highest BCUT2D eigenvalue weighted by Gasteiger charge is 2.21. The van der Waals surface area contributed by atoms with E-state index in [-0.39, 0.29) is 11.7 Å². The van der Waals surface area contributed by atoms with Crippen molar-refractivity contribution in [1.29, 1.82) is 0 Å². The Morgan fingerprint density at radius 2 is 1.80 bits per heavy atom. The maximum atomic E-state index is 13.0. The number of nitrogens with zero attached hydrogens (tertiary/aromatic N) is 4. The normalized spacial score (nSPS) is 12.0. The number of amides is 1. The van der Waals surface area contributed by atoms with Crippen molar-refractivity contribution in [3.05, 3.63) is 99.6 Å². The molecule has 0 aliphatic rings. The number of hydrogen-bond donors (Lipinski definition) is 2. The summed E-state index contributed by atoms with van der Waals surface area (Å²) in [7, 11) is 0. The molecular formula is C25H22FIN6OS. The van der Waals surface area contributed by atoms with Crippen LogP contribution in [0.1, 0.15) is 18.3 Å². The van der Waals surface area contributed by atoms with Gasteiger partial charge in [-0.15, -0.1) is 10.2 Å². The molecule has 4 rings (SSSR count). The first-order valence-corrected chi connectivity index (χ1v) is 12.7. The molecule has 7 nitrogen and oxygen atoms in total. The van der Waals surface area contributed by atoms with E-state index in [4.69, 9.17) is 0 Å². The van der Waals surface area contributed by atoms with Crippen LogP contribution < -0.4 is 10.7 Å². The van der Waals surface area contributed by atoms with E-state index in [1.165, 1.54) is 30.1 Å². The smallest absolute Gasteiger partial charge is 0.253 e. The number of carbonyl (C=O) groups excluding carboxylic acids is 1. The van der Waals surface area contributed by atoms with Crippen LogP contribution in [-0.4, -0.2) is 32.1 Å². The van der Waals surface area contributed by atoms with Crippen LogP contribution in [0.25, 0.3) is 5.69 Å². The standard InChI is InChI=1S/C25H22FIN6OS/c1-17(24(34)31-29-15-18-7-9-19(26)10-8-18)35-25-32-30-23(33(25)22-5-3-2-4-6-22)16-28-21-13-11-20(27)12-14-21/h2-15,17,28H,16H2,1H3,(H,31,34)/b29-15-/t17-/m0/s1. The van der Waals surface area contributed by atoms with E-state index in [0.29, 0.717) is 17.3 Å². The fourth-order valence-electron chi connectivity index (χ4n) is 3.10. The topological polar surface area (TPSA) is 84.2 Å². The highest BCUT2D eigenvalue weighted by Crippen LogP contribution is 2.26. The number of carbonyl (C=O) groups is 1. The Morgan fingerprint density at radius 3 is 2.51 bits per heavy atom. The van der Waals surface area contributed by atoms with E-state index >= 15 is 0 Å². The maximum Gasteiger partial charge on any atom is 0.253 e. The van der Waals surface area contributed by atoms with Gasteiger partial charge in [0, 0.05) is 14.9 Å². The first-order valence-electron chi connectivity index (χ1n) is 10.7. The highest BCUT2D eigenvalue weighted by molar-refractivity contribution is 14.1. The van der Waals surface area contributed by atoms with Crippen molar-refractivity contribution in [2.45, 2.75) is 23.9 Å². The summed E-state index contributed by atoms with van der Waals surface area (Å²) in [5, 5.41) is 16.2. The minimum Gasteiger partial charge on any atom is -0.378 e. The summed E-state index contributed by atoms with van der Waals surface area (Å²) in [5.41, 5.74) is 5.09. The number of halogens is 2. The summed E-state index contributed by atoms with van der Waals surface area (Å²) < 4.78 is 16.1. The van der Waals surface area contributed by atoms with Gasteiger partial charge in [0.15, 0.2) is 11.0 Å². The largest absolute Gasteiger partial charge is 0.378 e. The number of anilines is 1. The van der Waals surface area contributed by atoms with Crippen molar-refractivity contribution in [3.8, 4) is 5.69 Å². The molecule has 0 bridgehead atoms. The zero-order chi connectivity index (χ0) is 24.6. The number of para-hydroxylation sites is 1. The number of thioether (sulfide) groups is 1. The van der Waals surface area contributed by atoms with E-state index in [1.807, 2.05) is 59.2 Å². The Balaban J connectivity index is 1.46. The zero-order valence-corrected chi connectivity index (χ0v) is 21.7. The van der Waals surface area contributed by atoms with Crippen molar-refractivity contribution in [1.82, 2.24) is 20.2 Å². The van der Waals surface area contributed by atoms with Gasteiger partial charge in [-0.3, -0.25) is 9.36 Å². The lowest BCUT2D eigenvalue weighted by molar-refractivity contribution is -0.120. The minimum atomic E-state index is -0.482. The number of hydrogen-bond acceptors (Lipinski definition) is 6. The summed E-state index contributed by atoms with van der Waals surface area (Å²) in [6.07, 6.45) is 1.47. The maximum absolute atomic E-state index is 13.0. The van der Waals surface area contributed by atoms with Crippen LogP contribution in [-0.2, 0) is 11.3 Å². The number of rotatable bonds is 9. The molecule has 2 N–H and O–H groups in total. The molecule has 0 aliphatic carbocycles. The van der Waals surface area contributed by atoms with Crippen molar-refractivity contribution in [2.24, 2.45) is 5.10 Å².